The Morgan fingerprint density at radius 3 is 1.38 bits per heavy atom. The van der Waals surface area contributed by atoms with Crippen molar-refractivity contribution in [3.8, 4) is 0 Å². The number of rotatable bonds is 2. The highest BCUT2D eigenvalue weighted by Crippen LogP contribution is 2.43. The molecule has 0 aliphatic heterocycles. The molecule has 26 heavy (non-hydrogen) atoms. The molecule has 0 bridgehead atoms. The zero-order valence-electron chi connectivity index (χ0n) is 15.9. The van der Waals surface area contributed by atoms with Crippen molar-refractivity contribution in [2.24, 2.45) is 0 Å². The van der Waals surface area contributed by atoms with Crippen LogP contribution in [0.4, 0.5) is 0 Å². The van der Waals surface area contributed by atoms with Crippen molar-refractivity contribution < 1.29 is 0 Å². The van der Waals surface area contributed by atoms with E-state index < -0.39 is 0 Å². The van der Waals surface area contributed by atoms with Crippen LogP contribution in [0.2, 0.25) is 0 Å². The van der Waals surface area contributed by atoms with Crippen LogP contribution >= 0.6 is 0 Å². The molecule has 2 nitrogen and oxygen atoms in total. The molecule has 5 aromatic rings. The molecule has 0 amide bonds. The summed E-state index contributed by atoms with van der Waals surface area (Å²) in [5, 5.41) is 5.58. The largest absolute Gasteiger partial charge is 0.341 e. The first-order valence-corrected chi connectivity index (χ1v) is 9.60. The third-order valence-corrected chi connectivity index (χ3v) is 6.10. The average molecular weight is 340 g/mol. The Kier molecular flexibility index (Phi) is 3.21. The minimum atomic E-state index is 0.988. The lowest BCUT2D eigenvalue weighted by molar-refractivity contribution is 0.819. The summed E-state index contributed by atoms with van der Waals surface area (Å²) in [4.78, 5) is 0. The highest BCUT2D eigenvalue weighted by Gasteiger charge is 2.21. The first-order valence-electron chi connectivity index (χ1n) is 9.60. The lowest BCUT2D eigenvalue weighted by atomic mass is 9.98. The number of benzene rings is 3. The normalized spacial score (nSPS) is 12.2. The summed E-state index contributed by atoms with van der Waals surface area (Å²) in [7, 11) is 0. The van der Waals surface area contributed by atoms with Crippen LogP contribution in [0.25, 0.3) is 43.6 Å². The average Bonchev–Trinajstić information content (AvgIpc) is 3.18. The molecule has 0 unspecified atom stereocenters. The van der Waals surface area contributed by atoms with Crippen molar-refractivity contribution in [1.82, 2.24) is 9.13 Å². The highest BCUT2D eigenvalue weighted by atomic mass is 15.0. The second-order valence-electron chi connectivity index (χ2n) is 7.22. The maximum atomic E-state index is 2.49. The van der Waals surface area contributed by atoms with Gasteiger partial charge in [-0.2, -0.15) is 0 Å². The molecule has 2 heteroatoms. The van der Waals surface area contributed by atoms with E-state index >= 15 is 0 Å². The van der Waals surface area contributed by atoms with Crippen molar-refractivity contribution in [2.75, 3.05) is 0 Å². The monoisotopic (exact) mass is 340 g/mol. The van der Waals surface area contributed by atoms with Gasteiger partial charge in [0.25, 0.3) is 0 Å². The fourth-order valence-electron chi connectivity index (χ4n) is 4.90. The summed E-state index contributed by atoms with van der Waals surface area (Å²) < 4.78 is 4.98. The predicted octanol–water partition coefficient (Wildman–Crippen LogP) is 6.56. The number of aromatic nitrogens is 2. The fourth-order valence-corrected chi connectivity index (χ4v) is 4.90. The van der Waals surface area contributed by atoms with Crippen molar-refractivity contribution in [3.63, 3.8) is 0 Å². The summed E-state index contributed by atoms with van der Waals surface area (Å²) in [6.45, 7) is 11.1. The van der Waals surface area contributed by atoms with Crippen LogP contribution in [0.15, 0.2) is 48.5 Å². The first-order chi connectivity index (χ1) is 12.7. The second-order valence-corrected chi connectivity index (χ2v) is 7.22. The Morgan fingerprint density at radius 2 is 1.00 bits per heavy atom. The van der Waals surface area contributed by atoms with Crippen LogP contribution in [0, 0.1) is 13.8 Å². The van der Waals surface area contributed by atoms with Crippen LogP contribution in [0.1, 0.15) is 25.0 Å². The summed E-state index contributed by atoms with van der Waals surface area (Å²) in [6, 6.07) is 17.7. The molecule has 0 atom stereocenters. The second kappa shape index (κ2) is 5.38. The third-order valence-electron chi connectivity index (χ3n) is 6.10. The Balaban J connectivity index is 2.24. The summed E-state index contributed by atoms with van der Waals surface area (Å²) in [5.41, 5.74) is 8.29. The zero-order valence-corrected chi connectivity index (χ0v) is 15.9. The van der Waals surface area contributed by atoms with E-state index in [2.05, 4.69) is 85.4 Å². The topological polar surface area (TPSA) is 9.86 Å². The molecule has 2 aromatic heterocycles. The number of hydrogen-bond acceptors (Lipinski definition) is 0. The Hall–Kier alpha value is -2.74. The van der Waals surface area contributed by atoms with Gasteiger partial charge in [-0.1, -0.05) is 36.4 Å². The van der Waals surface area contributed by atoms with E-state index in [-0.39, 0.29) is 0 Å². The van der Waals surface area contributed by atoms with Crippen LogP contribution in [-0.4, -0.2) is 9.13 Å². The van der Waals surface area contributed by atoms with Crippen LogP contribution < -0.4 is 0 Å². The third kappa shape index (κ3) is 1.72. The van der Waals surface area contributed by atoms with Crippen LogP contribution in [0.3, 0.4) is 0 Å². The molecule has 0 aliphatic carbocycles. The van der Waals surface area contributed by atoms with Crippen LogP contribution in [0.5, 0.6) is 0 Å². The van der Waals surface area contributed by atoms with E-state index in [0.717, 1.165) is 13.1 Å². The molecule has 2 heterocycles. The maximum Gasteiger partial charge on any atom is 0.0531 e. The molecular formula is C24H24N2. The molecule has 0 saturated carbocycles. The van der Waals surface area contributed by atoms with E-state index in [0.29, 0.717) is 0 Å². The van der Waals surface area contributed by atoms with E-state index in [1.807, 2.05) is 0 Å². The Bertz CT molecular complexity index is 1210. The van der Waals surface area contributed by atoms with Gasteiger partial charge in [0.1, 0.15) is 0 Å². The Labute approximate surface area is 153 Å². The number of nitrogens with zero attached hydrogens (tertiary/aromatic N) is 2. The smallest absolute Gasteiger partial charge is 0.0531 e. The van der Waals surface area contributed by atoms with Gasteiger partial charge in [0, 0.05) is 45.7 Å². The molecule has 0 spiro atoms. The standard InChI is InChI=1S/C24H24N2/c1-5-25-19-13-9-7-11-17(19)21-22-18-12-8-10-14-20(18)26(6-2)24(22)16(4)15(3)23(21)25/h7-14H,5-6H2,1-4H3. The van der Waals surface area contributed by atoms with Gasteiger partial charge in [-0.05, 0) is 51.0 Å². The molecular weight excluding hydrogens is 316 g/mol. The van der Waals surface area contributed by atoms with Crippen molar-refractivity contribution in [2.45, 2.75) is 40.8 Å². The summed E-state index contributed by atoms with van der Waals surface area (Å²) in [6.07, 6.45) is 0. The molecule has 0 saturated heterocycles. The molecule has 130 valence electrons. The number of aryl methyl sites for hydroxylation is 4. The van der Waals surface area contributed by atoms with Gasteiger partial charge in [0.05, 0.1) is 11.0 Å². The number of para-hydroxylation sites is 2. The maximum absolute atomic E-state index is 2.49. The zero-order chi connectivity index (χ0) is 18.0. The molecule has 0 radical (unpaired) electrons. The first kappa shape index (κ1) is 15.5. The van der Waals surface area contributed by atoms with Gasteiger partial charge in [-0.25, -0.2) is 0 Å². The number of fused-ring (bicyclic) bond motifs is 7. The fraction of sp³-hybridized carbons (Fsp3) is 0.250. The van der Waals surface area contributed by atoms with Crippen molar-refractivity contribution in [1.29, 1.82) is 0 Å². The molecule has 3 aromatic carbocycles. The highest BCUT2D eigenvalue weighted by molar-refractivity contribution is 6.29. The van der Waals surface area contributed by atoms with Crippen LogP contribution in [-0.2, 0) is 13.1 Å². The van der Waals surface area contributed by atoms with Gasteiger partial charge in [0.2, 0.25) is 0 Å². The predicted molar refractivity (Wildman–Crippen MR) is 113 cm³/mol. The van der Waals surface area contributed by atoms with Crippen molar-refractivity contribution >= 4 is 43.6 Å². The van der Waals surface area contributed by atoms with E-state index in [4.69, 9.17) is 0 Å². The molecule has 0 aliphatic rings. The van der Waals surface area contributed by atoms with Gasteiger partial charge >= 0.3 is 0 Å². The van der Waals surface area contributed by atoms with Gasteiger partial charge in [0.15, 0.2) is 0 Å². The molecule has 5 rings (SSSR count). The summed E-state index contributed by atoms with van der Waals surface area (Å²) >= 11 is 0. The Morgan fingerprint density at radius 1 is 0.615 bits per heavy atom. The van der Waals surface area contributed by atoms with Gasteiger partial charge < -0.3 is 9.13 Å². The molecule has 0 fully saturated rings. The van der Waals surface area contributed by atoms with E-state index in [1.54, 1.807) is 0 Å². The van der Waals surface area contributed by atoms with Gasteiger partial charge in [-0.3, -0.25) is 0 Å². The van der Waals surface area contributed by atoms with Gasteiger partial charge in [-0.15, -0.1) is 0 Å². The lowest BCUT2D eigenvalue weighted by Gasteiger charge is -2.12. The van der Waals surface area contributed by atoms with E-state index in [9.17, 15) is 0 Å². The SMILES string of the molecule is CCn1c2ccccc2c2c3c4ccccc4n(CC)c3c(C)c(C)c21. The van der Waals surface area contributed by atoms with E-state index in [1.165, 1.54) is 54.7 Å². The minimum absolute atomic E-state index is 0.988. The lowest BCUT2D eigenvalue weighted by Crippen LogP contribution is -1.99. The molecule has 0 N–H and O–H groups in total. The minimum Gasteiger partial charge on any atom is -0.341 e. The number of hydrogen-bond donors (Lipinski definition) is 0. The quantitative estimate of drug-likeness (QED) is 0.344. The summed E-state index contributed by atoms with van der Waals surface area (Å²) in [5.74, 6) is 0. The van der Waals surface area contributed by atoms with Crippen molar-refractivity contribution in [3.05, 3.63) is 59.7 Å².